The van der Waals surface area contributed by atoms with E-state index in [9.17, 15) is 18.0 Å². The smallest absolute Gasteiger partial charge is 0.326 e. The number of ether oxygens (including phenoxy) is 1. The molecule has 1 fully saturated rings. The largest absolute Gasteiger partial charge is 0.480 e. The molecule has 1 aromatic carbocycles. The third-order valence-electron chi connectivity index (χ3n) is 3.82. The maximum absolute atomic E-state index is 12.4. The maximum Gasteiger partial charge on any atom is 0.326 e. The molecular weight excluding hydrogens is 322 g/mol. The monoisotopic (exact) mass is 341 g/mol. The van der Waals surface area contributed by atoms with E-state index in [1.54, 1.807) is 0 Å². The number of rotatable bonds is 6. The number of benzene rings is 1. The van der Waals surface area contributed by atoms with E-state index in [0.717, 1.165) is 0 Å². The van der Waals surface area contributed by atoms with Crippen molar-refractivity contribution in [2.75, 3.05) is 26.0 Å². The Balaban J connectivity index is 2.16. The fraction of sp³-hybridized carbons (Fsp3) is 0.467. The van der Waals surface area contributed by atoms with Crippen LogP contribution in [0.15, 0.2) is 29.2 Å². The van der Waals surface area contributed by atoms with E-state index in [-0.39, 0.29) is 22.8 Å². The van der Waals surface area contributed by atoms with Crippen LogP contribution in [0.1, 0.15) is 23.2 Å². The summed E-state index contributed by atoms with van der Waals surface area (Å²) in [6.07, 6.45) is 1.08. The van der Waals surface area contributed by atoms with Gasteiger partial charge in [0.05, 0.1) is 17.3 Å². The highest BCUT2D eigenvalue weighted by Crippen LogP contribution is 2.21. The normalized spacial score (nSPS) is 18.1. The van der Waals surface area contributed by atoms with Crippen LogP contribution in [0.2, 0.25) is 0 Å². The maximum atomic E-state index is 12.4. The van der Waals surface area contributed by atoms with Crippen LogP contribution >= 0.6 is 0 Å². The zero-order valence-electron chi connectivity index (χ0n) is 12.8. The fourth-order valence-electron chi connectivity index (χ4n) is 2.55. The molecule has 0 aromatic heterocycles. The Hall–Kier alpha value is -1.93. The van der Waals surface area contributed by atoms with Gasteiger partial charge in [0.25, 0.3) is 5.91 Å². The minimum Gasteiger partial charge on any atom is -0.480 e. The summed E-state index contributed by atoms with van der Waals surface area (Å²) in [5.41, 5.74) is 0.281. The lowest BCUT2D eigenvalue weighted by Gasteiger charge is -2.21. The van der Waals surface area contributed by atoms with Gasteiger partial charge in [0.15, 0.2) is 9.84 Å². The lowest BCUT2D eigenvalue weighted by atomic mass is 10.1. The lowest BCUT2D eigenvalue weighted by Crippen LogP contribution is -2.40. The minimum absolute atomic E-state index is 0.0943. The summed E-state index contributed by atoms with van der Waals surface area (Å²) >= 11 is 0. The highest BCUT2D eigenvalue weighted by atomic mass is 32.2. The van der Waals surface area contributed by atoms with Gasteiger partial charge in [0.2, 0.25) is 0 Å². The van der Waals surface area contributed by atoms with Crippen LogP contribution in [-0.2, 0) is 19.4 Å². The molecule has 1 heterocycles. The number of likely N-dealkylation sites (tertiary alicyclic amines) is 1. The molecule has 0 saturated carbocycles. The quantitative estimate of drug-likeness (QED) is 0.821. The Morgan fingerprint density at radius 2 is 1.96 bits per heavy atom. The van der Waals surface area contributed by atoms with Crippen molar-refractivity contribution in [3.63, 3.8) is 0 Å². The van der Waals surface area contributed by atoms with E-state index in [1.165, 1.54) is 36.3 Å². The van der Waals surface area contributed by atoms with Gasteiger partial charge in [-0.2, -0.15) is 0 Å². The average molecular weight is 341 g/mol. The van der Waals surface area contributed by atoms with Crippen molar-refractivity contribution in [2.24, 2.45) is 0 Å². The Kier molecular flexibility index (Phi) is 5.38. The van der Waals surface area contributed by atoms with Crippen LogP contribution < -0.4 is 0 Å². The van der Waals surface area contributed by atoms with E-state index < -0.39 is 27.8 Å². The van der Waals surface area contributed by atoms with Crippen molar-refractivity contribution >= 4 is 21.7 Å². The summed E-state index contributed by atoms with van der Waals surface area (Å²) in [5.74, 6) is -1.55. The number of methoxy groups -OCH3 is 1. The molecule has 0 spiro atoms. The fourth-order valence-corrected chi connectivity index (χ4v) is 3.72. The number of carbonyl (C=O) groups is 2. The summed E-state index contributed by atoms with van der Waals surface area (Å²) in [5, 5.41) is 9.13. The molecule has 1 atom stereocenters. The molecule has 1 N–H and O–H groups in total. The SMILES string of the molecule is COCCS(=O)(=O)c1ccc(C(=O)N2CCCC2C(=O)O)cc1. The summed E-state index contributed by atoms with van der Waals surface area (Å²) in [4.78, 5) is 25.0. The number of carboxylic acid groups (broad SMARTS) is 1. The zero-order chi connectivity index (χ0) is 17.0. The molecule has 1 aliphatic heterocycles. The Labute approximate surface area is 134 Å². The first-order valence-corrected chi connectivity index (χ1v) is 8.87. The van der Waals surface area contributed by atoms with Crippen LogP contribution in [0.5, 0.6) is 0 Å². The molecule has 1 amide bonds. The molecule has 1 saturated heterocycles. The molecule has 0 radical (unpaired) electrons. The van der Waals surface area contributed by atoms with Gasteiger partial charge in [-0.1, -0.05) is 0 Å². The number of sulfone groups is 1. The second kappa shape index (κ2) is 7.10. The van der Waals surface area contributed by atoms with Crippen molar-refractivity contribution in [1.29, 1.82) is 0 Å². The first-order chi connectivity index (χ1) is 10.9. The van der Waals surface area contributed by atoms with Gasteiger partial charge in [-0.15, -0.1) is 0 Å². The Morgan fingerprint density at radius 3 is 2.52 bits per heavy atom. The highest BCUT2D eigenvalue weighted by Gasteiger charge is 2.34. The highest BCUT2D eigenvalue weighted by molar-refractivity contribution is 7.91. The topological polar surface area (TPSA) is 101 Å². The molecular formula is C15H19NO6S. The molecule has 0 bridgehead atoms. The Bertz CT molecular complexity index is 682. The summed E-state index contributed by atoms with van der Waals surface area (Å²) in [7, 11) is -2.03. The van der Waals surface area contributed by atoms with Gasteiger partial charge in [0.1, 0.15) is 6.04 Å². The van der Waals surface area contributed by atoms with Crippen molar-refractivity contribution in [3.05, 3.63) is 29.8 Å². The second-order valence-corrected chi connectivity index (χ2v) is 7.44. The van der Waals surface area contributed by atoms with Crippen LogP contribution in [0.25, 0.3) is 0 Å². The predicted molar refractivity (Wildman–Crippen MR) is 82.1 cm³/mol. The first kappa shape index (κ1) is 17.4. The predicted octanol–water partition coefficient (Wildman–Crippen LogP) is 0.796. The number of nitrogens with zero attached hydrogens (tertiary/aromatic N) is 1. The third-order valence-corrected chi connectivity index (χ3v) is 5.51. The van der Waals surface area contributed by atoms with Crippen molar-refractivity contribution in [1.82, 2.24) is 4.90 Å². The van der Waals surface area contributed by atoms with Crippen LogP contribution in [0, 0.1) is 0 Å². The molecule has 1 aliphatic rings. The van der Waals surface area contributed by atoms with Gasteiger partial charge < -0.3 is 14.7 Å². The molecule has 7 nitrogen and oxygen atoms in total. The van der Waals surface area contributed by atoms with Crippen molar-refractivity contribution in [3.8, 4) is 0 Å². The molecule has 0 aliphatic carbocycles. The van der Waals surface area contributed by atoms with E-state index >= 15 is 0 Å². The van der Waals surface area contributed by atoms with Gasteiger partial charge in [-0.05, 0) is 37.1 Å². The van der Waals surface area contributed by atoms with Gasteiger partial charge in [0, 0.05) is 19.2 Å². The summed E-state index contributed by atoms with van der Waals surface area (Å²) in [6.45, 7) is 0.487. The zero-order valence-corrected chi connectivity index (χ0v) is 13.6. The molecule has 1 unspecified atom stereocenters. The first-order valence-electron chi connectivity index (χ1n) is 7.22. The van der Waals surface area contributed by atoms with E-state index in [2.05, 4.69) is 0 Å². The molecule has 1 aromatic rings. The number of carboxylic acids is 1. The van der Waals surface area contributed by atoms with Crippen LogP contribution in [0.4, 0.5) is 0 Å². The number of aliphatic carboxylic acids is 1. The van der Waals surface area contributed by atoms with Gasteiger partial charge in [-0.3, -0.25) is 4.79 Å². The van der Waals surface area contributed by atoms with Crippen LogP contribution in [-0.4, -0.2) is 62.4 Å². The van der Waals surface area contributed by atoms with Gasteiger partial charge in [-0.25, -0.2) is 13.2 Å². The lowest BCUT2D eigenvalue weighted by molar-refractivity contribution is -0.141. The minimum atomic E-state index is -3.45. The van der Waals surface area contributed by atoms with E-state index in [1.807, 2.05) is 0 Å². The summed E-state index contributed by atoms with van der Waals surface area (Å²) in [6, 6.07) is 4.75. The molecule has 2 rings (SSSR count). The van der Waals surface area contributed by atoms with E-state index in [4.69, 9.17) is 9.84 Å². The summed E-state index contributed by atoms with van der Waals surface area (Å²) < 4.78 is 28.8. The van der Waals surface area contributed by atoms with E-state index in [0.29, 0.717) is 19.4 Å². The van der Waals surface area contributed by atoms with Crippen molar-refractivity contribution in [2.45, 2.75) is 23.8 Å². The van der Waals surface area contributed by atoms with Crippen molar-refractivity contribution < 1.29 is 27.9 Å². The molecule has 23 heavy (non-hydrogen) atoms. The Morgan fingerprint density at radius 1 is 1.30 bits per heavy atom. The molecule has 8 heteroatoms. The number of carbonyl (C=O) groups excluding carboxylic acids is 1. The van der Waals surface area contributed by atoms with Crippen LogP contribution in [0.3, 0.4) is 0 Å². The van der Waals surface area contributed by atoms with Gasteiger partial charge >= 0.3 is 5.97 Å². The second-order valence-electron chi connectivity index (χ2n) is 5.33. The number of hydrogen-bond acceptors (Lipinski definition) is 5. The number of hydrogen-bond donors (Lipinski definition) is 1. The molecule has 126 valence electrons. The standard InChI is InChI=1S/C15H19NO6S/c1-22-9-10-23(20,21)12-6-4-11(5-7-12)14(17)16-8-2-3-13(16)15(18)19/h4-7,13H,2-3,8-10H2,1H3,(H,18,19). The average Bonchev–Trinajstić information content (AvgIpc) is 3.02. The number of amides is 1. The third kappa shape index (κ3) is 3.89.